The second-order valence-electron chi connectivity index (χ2n) is 3.51. The molecule has 1 fully saturated rings. The molecule has 11 heavy (non-hydrogen) atoms. The quantitative estimate of drug-likeness (QED) is 0.601. The summed E-state index contributed by atoms with van der Waals surface area (Å²) in [6, 6.07) is 1.04. The van der Waals surface area contributed by atoms with E-state index >= 15 is 0 Å². The largest absolute Gasteiger partial charge is 0.326 e. The smallest absolute Gasteiger partial charge is 0.0219 e. The van der Waals surface area contributed by atoms with Gasteiger partial charge in [-0.05, 0) is 25.8 Å². The number of nitrogens with two attached hydrogens (primary N) is 1. The molecule has 0 aromatic carbocycles. The predicted octanol–water partition coefficient (Wildman–Crippen LogP) is 1.26. The van der Waals surface area contributed by atoms with Gasteiger partial charge in [0.1, 0.15) is 0 Å². The van der Waals surface area contributed by atoms with Crippen molar-refractivity contribution in [1.82, 2.24) is 5.32 Å². The summed E-state index contributed by atoms with van der Waals surface area (Å²) in [5.41, 5.74) is 5.90. The summed E-state index contributed by atoms with van der Waals surface area (Å²) in [6.45, 7) is 3.37. The molecule has 0 aromatic rings. The highest BCUT2D eigenvalue weighted by Gasteiger charge is 2.22. The molecule has 0 bridgehead atoms. The highest BCUT2D eigenvalue weighted by molar-refractivity contribution is 4.85. The van der Waals surface area contributed by atoms with Crippen molar-refractivity contribution in [2.45, 2.75) is 51.1 Å². The van der Waals surface area contributed by atoms with E-state index in [0.717, 1.165) is 6.54 Å². The van der Waals surface area contributed by atoms with Crippen LogP contribution in [-0.2, 0) is 0 Å². The van der Waals surface area contributed by atoms with Gasteiger partial charge in [0.15, 0.2) is 0 Å². The summed E-state index contributed by atoms with van der Waals surface area (Å²) in [6.07, 6.45) is 6.36. The van der Waals surface area contributed by atoms with Gasteiger partial charge in [-0.15, -0.1) is 0 Å². The predicted molar refractivity (Wildman–Crippen MR) is 48.5 cm³/mol. The van der Waals surface area contributed by atoms with Crippen molar-refractivity contribution in [3.63, 3.8) is 0 Å². The van der Waals surface area contributed by atoms with Crippen LogP contribution in [0.5, 0.6) is 0 Å². The maximum absolute atomic E-state index is 5.90. The first-order valence-electron chi connectivity index (χ1n) is 4.83. The van der Waals surface area contributed by atoms with Gasteiger partial charge in [-0.1, -0.05) is 19.8 Å². The Bertz CT molecular complexity index is 104. The first-order chi connectivity index (χ1) is 5.34. The molecule has 0 radical (unpaired) electrons. The van der Waals surface area contributed by atoms with E-state index in [1.807, 2.05) is 0 Å². The highest BCUT2D eigenvalue weighted by atomic mass is 15.0. The third-order valence-electron chi connectivity index (χ3n) is 2.51. The second-order valence-corrected chi connectivity index (χ2v) is 3.51. The maximum atomic E-state index is 5.90. The average Bonchev–Trinajstić information content (AvgIpc) is 2.37. The van der Waals surface area contributed by atoms with Gasteiger partial charge in [0.05, 0.1) is 0 Å². The van der Waals surface area contributed by atoms with E-state index in [1.165, 1.54) is 32.1 Å². The Kier molecular flexibility index (Phi) is 3.87. The Morgan fingerprint density at radius 3 is 2.82 bits per heavy atom. The number of hydrogen-bond donors (Lipinski definition) is 2. The highest BCUT2D eigenvalue weighted by Crippen LogP contribution is 2.16. The molecule has 0 unspecified atom stereocenters. The first kappa shape index (κ1) is 9.01. The minimum Gasteiger partial charge on any atom is -0.326 e. The zero-order valence-corrected chi connectivity index (χ0v) is 7.47. The van der Waals surface area contributed by atoms with E-state index in [4.69, 9.17) is 5.73 Å². The van der Waals surface area contributed by atoms with E-state index in [-0.39, 0.29) is 0 Å². The van der Waals surface area contributed by atoms with E-state index in [9.17, 15) is 0 Å². The number of rotatable bonds is 4. The van der Waals surface area contributed by atoms with Gasteiger partial charge in [0, 0.05) is 12.1 Å². The van der Waals surface area contributed by atoms with Crippen LogP contribution in [0, 0.1) is 0 Å². The molecular formula is C9H20N2. The number of nitrogens with one attached hydrogen (secondary N) is 1. The first-order valence-corrected chi connectivity index (χ1v) is 4.83. The summed E-state index contributed by atoms with van der Waals surface area (Å²) >= 11 is 0. The SMILES string of the molecule is CCCCN[C@@H]1CCC[C@@H]1N. The Hall–Kier alpha value is -0.0800. The third-order valence-corrected chi connectivity index (χ3v) is 2.51. The van der Waals surface area contributed by atoms with Gasteiger partial charge in [-0.25, -0.2) is 0 Å². The molecular weight excluding hydrogens is 136 g/mol. The van der Waals surface area contributed by atoms with Gasteiger partial charge in [0.2, 0.25) is 0 Å². The Morgan fingerprint density at radius 1 is 1.45 bits per heavy atom. The van der Waals surface area contributed by atoms with Gasteiger partial charge in [0.25, 0.3) is 0 Å². The van der Waals surface area contributed by atoms with Crippen LogP contribution in [0.2, 0.25) is 0 Å². The summed E-state index contributed by atoms with van der Waals surface area (Å²) in [5, 5.41) is 3.51. The van der Waals surface area contributed by atoms with Gasteiger partial charge in [-0.2, -0.15) is 0 Å². The molecule has 1 saturated carbocycles. The number of unbranched alkanes of at least 4 members (excludes halogenated alkanes) is 1. The lowest BCUT2D eigenvalue weighted by atomic mass is 10.2. The molecule has 66 valence electrons. The van der Waals surface area contributed by atoms with Crippen molar-refractivity contribution >= 4 is 0 Å². The van der Waals surface area contributed by atoms with Crippen LogP contribution in [0.3, 0.4) is 0 Å². The number of hydrogen-bond acceptors (Lipinski definition) is 2. The Balaban J connectivity index is 2.05. The molecule has 0 aromatic heterocycles. The zero-order valence-electron chi connectivity index (χ0n) is 7.47. The molecule has 2 heteroatoms. The molecule has 1 rings (SSSR count). The summed E-state index contributed by atoms with van der Waals surface area (Å²) in [7, 11) is 0. The molecule has 1 aliphatic carbocycles. The minimum atomic E-state index is 0.423. The van der Waals surface area contributed by atoms with Crippen LogP contribution in [-0.4, -0.2) is 18.6 Å². The van der Waals surface area contributed by atoms with E-state index in [0.29, 0.717) is 12.1 Å². The normalized spacial score (nSPS) is 31.1. The average molecular weight is 156 g/mol. The molecule has 1 aliphatic rings. The summed E-state index contributed by atoms with van der Waals surface area (Å²) in [5.74, 6) is 0. The molecule has 0 spiro atoms. The van der Waals surface area contributed by atoms with Gasteiger partial charge >= 0.3 is 0 Å². The summed E-state index contributed by atoms with van der Waals surface area (Å²) < 4.78 is 0. The van der Waals surface area contributed by atoms with E-state index in [2.05, 4.69) is 12.2 Å². The molecule has 0 heterocycles. The monoisotopic (exact) mass is 156 g/mol. The topological polar surface area (TPSA) is 38.0 Å². The fourth-order valence-corrected chi connectivity index (χ4v) is 1.71. The maximum Gasteiger partial charge on any atom is 0.0219 e. The lowest BCUT2D eigenvalue weighted by Gasteiger charge is -2.16. The fourth-order valence-electron chi connectivity index (χ4n) is 1.71. The lowest BCUT2D eigenvalue weighted by Crippen LogP contribution is -2.41. The fraction of sp³-hybridized carbons (Fsp3) is 1.00. The van der Waals surface area contributed by atoms with Gasteiger partial charge in [-0.3, -0.25) is 0 Å². The molecule has 0 amide bonds. The van der Waals surface area contributed by atoms with E-state index in [1.54, 1.807) is 0 Å². The van der Waals surface area contributed by atoms with Crippen molar-refractivity contribution in [2.75, 3.05) is 6.54 Å². The molecule has 2 nitrogen and oxygen atoms in total. The molecule has 2 atom stereocenters. The van der Waals surface area contributed by atoms with Crippen molar-refractivity contribution in [1.29, 1.82) is 0 Å². The Morgan fingerprint density at radius 2 is 2.27 bits per heavy atom. The lowest BCUT2D eigenvalue weighted by molar-refractivity contribution is 0.469. The molecule has 0 saturated heterocycles. The van der Waals surface area contributed by atoms with Crippen LogP contribution in [0.1, 0.15) is 39.0 Å². The summed E-state index contributed by atoms with van der Waals surface area (Å²) in [4.78, 5) is 0. The zero-order chi connectivity index (χ0) is 8.10. The second kappa shape index (κ2) is 4.73. The van der Waals surface area contributed by atoms with Crippen LogP contribution < -0.4 is 11.1 Å². The van der Waals surface area contributed by atoms with Crippen molar-refractivity contribution in [2.24, 2.45) is 5.73 Å². The van der Waals surface area contributed by atoms with Crippen LogP contribution in [0.4, 0.5) is 0 Å². The van der Waals surface area contributed by atoms with Gasteiger partial charge < -0.3 is 11.1 Å². The van der Waals surface area contributed by atoms with E-state index < -0.39 is 0 Å². The standard InChI is InChI=1S/C9H20N2/c1-2-3-7-11-9-6-4-5-8(9)10/h8-9,11H,2-7,10H2,1H3/t8-,9+/m0/s1. The van der Waals surface area contributed by atoms with Crippen molar-refractivity contribution in [3.05, 3.63) is 0 Å². The van der Waals surface area contributed by atoms with Crippen LogP contribution in [0.15, 0.2) is 0 Å². The molecule has 0 aliphatic heterocycles. The minimum absolute atomic E-state index is 0.423. The van der Waals surface area contributed by atoms with Crippen LogP contribution in [0.25, 0.3) is 0 Å². The Labute approximate surface area is 69.5 Å². The third kappa shape index (κ3) is 2.80. The van der Waals surface area contributed by atoms with Crippen molar-refractivity contribution < 1.29 is 0 Å². The molecule has 3 N–H and O–H groups in total. The van der Waals surface area contributed by atoms with Crippen LogP contribution >= 0.6 is 0 Å². The van der Waals surface area contributed by atoms with Crippen molar-refractivity contribution in [3.8, 4) is 0 Å².